The van der Waals surface area contributed by atoms with Crippen LogP contribution in [0.1, 0.15) is 36.8 Å². The van der Waals surface area contributed by atoms with E-state index in [4.69, 9.17) is 4.74 Å². The summed E-state index contributed by atoms with van der Waals surface area (Å²) < 4.78 is 5.41. The predicted octanol–water partition coefficient (Wildman–Crippen LogP) is 2.25. The van der Waals surface area contributed by atoms with Gasteiger partial charge >= 0.3 is 0 Å². The van der Waals surface area contributed by atoms with Crippen molar-refractivity contribution in [3.05, 3.63) is 29.3 Å². The number of amides is 1. The van der Waals surface area contributed by atoms with Crippen molar-refractivity contribution in [3.8, 4) is 5.75 Å². The smallest absolute Gasteiger partial charge is 0.220 e. The molecule has 0 radical (unpaired) electrons. The average Bonchev–Trinajstić information content (AvgIpc) is 2.39. The average molecular weight is 233 g/mol. The SMILES string of the molecule is CCc1ccc(OC)c(C2CCC(=O)NC2)c1. The molecular weight excluding hydrogens is 214 g/mol. The molecule has 2 rings (SSSR count). The molecule has 3 heteroatoms. The maximum atomic E-state index is 11.2. The lowest BCUT2D eigenvalue weighted by atomic mass is 9.89. The van der Waals surface area contributed by atoms with Gasteiger partial charge in [0.05, 0.1) is 7.11 Å². The van der Waals surface area contributed by atoms with Crippen LogP contribution in [-0.4, -0.2) is 19.6 Å². The molecule has 0 saturated carbocycles. The maximum Gasteiger partial charge on any atom is 0.220 e. The Kier molecular flexibility index (Phi) is 3.67. The summed E-state index contributed by atoms with van der Waals surface area (Å²) >= 11 is 0. The quantitative estimate of drug-likeness (QED) is 0.869. The van der Waals surface area contributed by atoms with Gasteiger partial charge in [-0.2, -0.15) is 0 Å². The van der Waals surface area contributed by atoms with Gasteiger partial charge in [-0.05, 0) is 30.0 Å². The molecule has 0 spiro atoms. The molecule has 1 unspecified atom stereocenters. The van der Waals surface area contributed by atoms with Gasteiger partial charge in [0.2, 0.25) is 5.91 Å². The van der Waals surface area contributed by atoms with Crippen LogP contribution in [0.15, 0.2) is 18.2 Å². The third-order valence-corrected chi connectivity index (χ3v) is 3.41. The van der Waals surface area contributed by atoms with Gasteiger partial charge in [0.1, 0.15) is 5.75 Å². The molecule has 1 aliphatic rings. The van der Waals surface area contributed by atoms with E-state index < -0.39 is 0 Å². The van der Waals surface area contributed by atoms with E-state index in [1.54, 1.807) is 7.11 Å². The molecule has 1 aliphatic heterocycles. The molecule has 1 heterocycles. The number of aryl methyl sites for hydroxylation is 1. The van der Waals surface area contributed by atoms with Crippen LogP contribution in [0, 0.1) is 0 Å². The number of ether oxygens (including phenoxy) is 1. The Morgan fingerprint density at radius 2 is 2.29 bits per heavy atom. The molecule has 0 aromatic heterocycles. The maximum absolute atomic E-state index is 11.2. The monoisotopic (exact) mass is 233 g/mol. The third kappa shape index (κ3) is 2.60. The molecule has 1 saturated heterocycles. The summed E-state index contributed by atoms with van der Waals surface area (Å²) in [6.07, 6.45) is 2.55. The van der Waals surface area contributed by atoms with Crippen molar-refractivity contribution >= 4 is 5.91 Å². The van der Waals surface area contributed by atoms with Crippen LogP contribution in [0.4, 0.5) is 0 Å². The van der Waals surface area contributed by atoms with E-state index in [1.807, 2.05) is 6.07 Å². The van der Waals surface area contributed by atoms with Crippen molar-refractivity contribution in [3.63, 3.8) is 0 Å². The molecule has 92 valence electrons. The first-order chi connectivity index (χ1) is 8.24. The first-order valence-electron chi connectivity index (χ1n) is 6.18. The lowest BCUT2D eigenvalue weighted by Crippen LogP contribution is -2.33. The second-order valence-corrected chi connectivity index (χ2v) is 4.47. The summed E-state index contributed by atoms with van der Waals surface area (Å²) in [7, 11) is 1.70. The summed E-state index contributed by atoms with van der Waals surface area (Å²) in [6.45, 7) is 2.87. The Labute approximate surface area is 102 Å². The zero-order valence-corrected chi connectivity index (χ0v) is 10.5. The number of carbonyl (C=O) groups excluding carboxylic acids is 1. The van der Waals surface area contributed by atoms with Crippen molar-refractivity contribution in [2.75, 3.05) is 13.7 Å². The van der Waals surface area contributed by atoms with E-state index in [2.05, 4.69) is 24.4 Å². The number of carbonyl (C=O) groups is 1. The van der Waals surface area contributed by atoms with Gasteiger partial charge in [-0.1, -0.05) is 19.1 Å². The minimum absolute atomic E-state index is 0.159. The number of methoxy groups -OCH3 is 1. The Bertz CT molecular complexity index is 405. The van der Waals surface area contributed by atoms with Gasteiger partial charge in [0.15, 0.2) is 0 Å². The lowest BCUT2D eigenvalue weighted by molar-refractivity contribution is -0.122. The molecule has 17 heavy (non-hydrogen) atoms. The van der Waals surface area contributed by atoms with Crippen LogP contribution in [0.25, 0.3) is 0 Å². The first-order valence-corrected chi connectivity index (χ1v) is 6.18. The Morgan fingerprint density at radius 1 is 1.47 bits per heavy atom. The standard InChI is InChI=1S/C14H19NO2/c1-3-10-4-6-13(17-2)12(8-10)11-5-7-14(16)15-9-11/h4,6,8,11H,3,5,7,9H2,1-2H3,(H,15,16). The highest BCUT2D eigenvalue weighted by molar-refractivity contribution is 5.77. The minimum atomic E-state index is 0.159. The fraction of sp³-hybridized carbons (Fsp3) is 0.500. The molecule has 1 atom stereocenters. The summed E-state index contributed by atoms with van der Waals surface area (Å²) in [5.41, 5.74) is 2.55. The normalized spacial score (nSPS) is 19.9. The number of benzene rings is 1. The third-order valence-electron chi connectivity index (χ3n) is 3.41. The molecule has 3 nitrogen and oxygen atoms in total. The topological polar surface area (TPSA) is 38.3 Å². The van der Waals surface area contributed by atoms with Crippen molar-refractivity contribution in [1.82, 2.24) is 5.32 Å². The fourth-order valence-corrected chi connectivity index (χ4v) is 2.32. The number of hydrogen-bond acceptors (Lipinski definition) is 2. The van der Waals surface area contributed by atoms with Crippen LogP contribution in [0.5, 0.6) is 5.75 Å². The fourth-order valence-electron chi connectivity index (χ4n) is 2.32. The number of piperidine rings is 1. The van der Waals surface area contributed by atoms with Crippen molar-refractivity contribution < 1.29 is 9.53 Å². The van der Waals surface area contributed by atoms with Crippen LogP contribution >= 0.6 is 0 Å². The second-order valence-electron chi connectivity index (χ2n) is 4.47. The Balaban J connectivity index is 2.25. The highest BCUT2D eigenvalue weighted by Gasteiger charge is 2.22. The molecule has 0 aliphatic carbocycles. The van der Waals surface area contributed by atoms with Gasteiger partial charge in [0.25, 0.3) is 0 Å². The van der Waals surface area contributed by atoms with Crippen LogP contribution in [-0.2, 0) is 11.2 Å². The zero-order valence-electron chi connectivity index (χ0n) is 10.5. The summed E-state index contributed by atoms with van der Waals surface area (Å²) in [4.78, 5) is 11.2. The van der Waals surface area contributed by atoms with Crippen molar-refractivity contribution in [1.29, 1.82) is 0 Å². The highest BCUT2D eigenvalue weighted by Crippen LogP contribution is 2.32. The lowest BCUT2D eigenvalue weighted by Gasteiger charge is -2.24. The predicted molar refractivity (Wildman–Crippen MR) is 67.4 cm³/mol. The number of nitrogens with one attached hydrogen (secondary N) is 1. The molecular formula is C14H19NO2. The number of hydrogen-bond donors (Lipinski definition) is 1. The van der Waals surface area contributed by atoms with Crippen LogP contribution in [0.3, 0.4) is 0 Å². The van der Waals surface area contributed by atoms with Gasteiger partial charge in [-0.25, -0.2) is 0 Å². The van der Waals surface area contributed by atoms with Crippen molar-refractivity contribution in [2.45, 2.75) is 32.1 Å². The minimum Gasteiger partial charge on any atom is -0.496 e. The largest absolute Gasteiger partial charge is 0.496 e. The van der Waals surface area contributed by atoms with E-state index in [-0.39, 0.29) is 5.91 Å². The molecule has 1 N–H and O–H groups in total. The summed E-state index contributed by atoms with van der Waals surface area (Å²) in [5.74, 6) is 1.48. The van der Waals surface area contributed by atoms with E-state index in [1.165, 1.54) is 11.1 Å². The molecule has 1 fully saturated rings. The molecule has 0 bridgehead atoms. The van der Waals surface area contributed by atoms with E-state index in [9.17, 15) is 4.79 Å². The van der Waals surface area contributed by atoms with Gasteiger partial charge in [-0.3, -0.25) is 4.79 Å². The van der Waals surface area contributed by atoms with Crippen LogP contribution < -0.4 is 10.1 Å². The van der Waals surface area contributed by atoms with Crippen LogP contribution in [0.2, 0.25) is 0 Å². The van der Waals surface area contributed by atoms with E-state index >= 15 is 0 Å². The summed E-state index contributed by atoms with van der Waals surface area (Å²) in [5, 5.41) is 2.92. The molecule has 1 aromatic rings. The summed E-state index contributed by atoms with van der Waals surface area (Å²) in [6, 6.07) is 6.34. The van der Waals surface area contributed by atoms with Crippen molar-refractivity contribution in [2.24, 2.45) is 0 Å². The first kappa shape index (κ1) is 12.0. The Morgan fingerprint density at radius 3 is 2.88 bits per heavy atom. The van der Waals surface area contributed by atoms with E-state index in [0.29, 0.717) is 12.3 Å². The highest BCUT2D eigenvalue weighted by atomic mass is 16.5. The van der Waals surface area contributed by atoms with Gasteiger partial charge < -0.3 is 10.1 Å². The number of rotatable bonds is 3. The zero-order chi connectivity index (χ0) is 12.3. The van der Waals surface area contributed by atoms with Gasteiger partial charge in [0, 0.05) is 18.9 Å². The van der Waals surface area contributed by atoms with E-state index in [0.717, 1.165) is 25.1 Å². The Hall–Kier alpha value is -1.51. The van der Waals surface area contributed by atoms with Gasteiger partial charge in [-0.15, -0.1) is 0 Å². The molecule has 1 amide bonds. The molecule has 1 aromatic carbocycles. The second kappa shape index (κ2) is 5.21.